The minimum absolute atomic E-state index is 0.0551. The van der Waals surface area contributed by atoms with Crippen LogP contribution in [0.5, 0.6) is 0 Å². The Morgan fingerprint density at radius 1 is 1.44 bits per heavy atom. The molecule has 1 rings (SSSR count). The van der Waals surface area contributed by atoms with E-state index in [2.05, 4.69) is 25.9 Å². The third-order valence-corrected chi connectivity index (χ3v) is 2.73. The third-order valence-electron chi connectivity index (χ3n) is 2.73. The van der Waals surface area contributed by atoms with Gasteiger partial charge in [0.15, 0.2) is 0 Å². The van der Waals surface area contributed by atoms with Crippen molar-refractivity contribution < 1.29 is 4.74 Å². The number of nitrogens with zero attached hydrogens (tertiary/aromatic N) is 2. The molecule has 0 amide bonds. The van der Waals surface area contributed by atoms with Crippen molar-refractivity contribution in [3.05, 3.63) is 18.0 Å². The molecule has 4 nitrogen and oxygen atoms in total. The van der Waals surface area contributed by atoms with E-state index in [1.165, 1.54) is 0 Å². The summed E-state index contributed by atoms with van der Waals surface area (Å²) in [6.45, 7) is 9.88. The summed E-state index contributed by atoms with van der Waals surface area (Å²) in [5, 5.41) is 4.24. The van der Waals surface area contributed by atoms with Gasteiger partial charge in [-0.25, -0.2) is 0 Å². The smallest absolute Gasteiger partial charge is 0.0791 e. The molecule has 0 aliphatic carbocycles. The van der Waals surface area contributed by atoms with Crippen molar-refractivity contribution >= 4 is 0 Å². The molecule has 92 valence electrons. The fourth-order valence-corrected chi connectivity index (χ4v) is 1.82. The minimum Gasteiger partial charge on any atom is -0.376 e. The highest BCUT2D eigenvalue weighted by atomic mass is 16.5. The van der Waals surface area contributed by atoms with Crippen LogP contribution in [0.1, 0.15) is 39.3 Å². The molecule has 2 atom stereocenters. The molecule has 0 spiro atoms. The molecule has 0 saturated heterocycles. The lowest BCUT2D eigenvalue weighted by molar-refractivity contribution is 0.0121. The predicted molar refractivity (Wildman–Crippen MR) is 65.1 cm³/mol. The molecule has 1 heterocycles. The van der Waals surface area contributed by atoms with Gasteiger partial charge in [0.25, 0.3) is 0 Å². The molecule has 0 saturated carbocycles. The molecule has 2 N–H and O–H groups in total. The van der Waals surface area contributed by atoms with Crippen molar-refractivity contribution in [1.82, 2.24) is 9.78 Å². The van der Waals surface area contributed by atoms with Crippen LogP contribution in [0.3, 0.4) is 0 Å². The van der Waals surface area contributed by atoms with E-state index in [4.69, 9.17) is 10.5 Å². The molecule has 0 aromatic carbocycles. The summed E-state index contributed by atoms with van der Waals surface area (Å²) >= 11 is 0. The Balaban J connectivity index is 2.76. The summed E-state index contributed by atoms with van der Waals surface area (Å²) in [6, 6.07) is -0.0970. The monoisotopic (exact) mass is 225 g/mol. The lowest BCUT2D eigenvalue weighted by atomic mass is 9.96. The van der Waals surface area contributed by atoms with Gasteiger partial charge in [-0.05, 0) is 19.8 Å². The van der Waals surface area contributed by atoms with Crippen molar-refractivity contribution in [2.24, 2.45) is 11.7 Å². The summed E-state index contributed by atoms with van der Waals surface area (Å²) in [5.74, 6) is 0.403. The largest absolute Gasteiger partial charge is 0.376 e. The zero-order chi connectivity index (χ0) is 12.1. The number of nitrogens with two attached hydrogens (primary N) is 1. The van der Waals surface area contributed by atoms with Gasteiger partial charge in [-0.15, -0.1) is 0 Å². The molecular formula is C12H23N3O. The average molecular weight is 225 g/mol. The molecule has 16 heavy (non-hydrogen) atoms. The lowest BCUT2D eigenvalue weighted by Gasteiger charge is -2.26. The van der Waals surface area contributed by atoms with Gasteiger partial charge >= 0.3 is 0 Å². The van der Waals surface area contributed by atoms with Crippen LogP contribution < -0.4 is 5.73 Å². The first-order valence-electron chi connectivity index (χ1n) is 5.99. The summed E-state index contributed by atoms with van der Waals surface area (Å²) in [5.41, 5.74) is 7.27. The quantitative estimate of drug-likeness (QED) is 0.805. The number of hydrogen-bond donors (Lipinski definition) is 1. The Morgan fingerprint density at radius 2 is 2.12 bits per heavy atom. The number of aromatic nitrogens is 2. The van der Waals surface area contributed by atoms with Gasteiger partial charge in [0.2, 0.25) is 0 Å². The SMILES string of the molecule is CCOC(C(C)C)C(N)c1cnn(CC)c1. The Hall–Kier alpha value is -0.870. The van der Waals surface area contributed by atoms with Crippen LogP contribution in [0.25, 0.3) is 0 Å². The second kappa shape index (κ2) is 6.01. The van der Waals surface area contributed by atoms with Crippen LogP contribution >= 0.6 is 0 Å². The molecule has 2 unspecified atom stereocenters. The van der Waals surface area contributed by atoms with Gasteiger partial charge in [0.1, 0.15) is 0 Å². The lowest BCUT2D eigenvalue weighted by Crippen LogP contribution is -2.33. The first-order valence-corrected chi connectivity index (χ1v) is 5.99. The van der Waals surface area contributed by atoms with E-state index in [0.29, 0.717) is 12.5 Å². The van der Waals surface area contributed by atoms with Gasteiger partial charge in [-0.2, -0.15) is 5.10 Å². The molecule has 4 heteroatoms. The molecule has 0 radical (unpaired) electrons. The zero-order valence-corrected chi connectivity index (χ0v) is 10.7. The van der Waals surface area contributed by atoms with E-state index in [1.807, 2.05) is 24.0 Å². The fourth-order valence-electron chi connectivity index (χ4n) is 1.82. The van der Waals surface area contributed by atoms with E-state index in [9.17, 15) is 0 Å². The Bertz CT molecular complexity index is 309. The predicted octanol–water partition coefficient (Wildman–Crippen LogP) is 1.96. The number of aryl methyl sites for hydroxylation is 1. The Morgan fingerprint density at radius 3 is 2.56 bits per heavy atom. The van der Waals surface area contributed by atoms with Crippen LogP contribution in [-0.4, -0.2) is 22.5 Å². The van der Waals surface area contributed by atoms with Crippen LogP contribution in [0.15, 0.2) is 12.4 Å². The average Bonchev–Trinajstić information content (AvgIpc) is 2.73. The van der Waals surface area contributed by atoms with E-state index in [0.717, 1.165) is 12.1 Å². The maximum Gasteiger partial charge on any atom is 0.0791 e. The molecule has 0 bridgehead atoms. The van der Waals surface area contributed by atoms with Gasteiger partial charge in [0.05, 0.1) is 18.3 Å². The van der Waals surface area contributed by atoms with E-state index >= 15 is 0 Å². The summed E-state index contributed by atoms with van der Waals surface area (Å²) < 4.78 is 7.59. The number of hydrogen-bond acceptors (Lipinski definition) is 3. The molecule has 0 aliphatic heterocycles. The van der Waals surface area contributed by atoms with Crippen molar-refractivity contribution in [2.75, 3.05) is 6.61 Å². The maximum absolute atomic E-state index is 6.22. The molecular weight excluding hydrogens is 202 g/mol. The van der Waals surface area contributed by atoms with Crippen molar-refractivity contribution in [1.29, 1.82) is 0 Å². The normalized spacial score (nSPS) is 15.4. The highest BCUT2D eigenvalue weighted by Gasteiger charge is 2.24. The molecule has 1 aromatic rings. The second-order valence-electron chi connectivity index (χ2n) is 4.32. The highest BCUT2D eigenvalue weighted by molar-refractivity contribution is 5.12. The number of rotatable bonds is 6. The van der Waals surface area contributed by atoms with Crippen LogP contribution in [0, 0.1) is 5.92 Å². The van der Waals surface area contributed by atoms with Gasteiger partial charge in [0, 0.05) is 24.9 Å². The van der Waals surface area contributed by atoms with Gasteiger partial charge in [-0.1, -0.05) is 13.8 Å². The van der Waals surface area contributed by atoms with Crippen LogP contribution in [-0.2, 0) is 11.3 Å². The Labute approximate surface area is 97.8 Å². The van der Waals surface area contributed by atoms with Crippen molar-refractivity contribution in [3.63, 3.8) is 0 Å². The van der Waals surface area contributed by atoms with E-state index in [-0.39, 0.29) is 12.1 Å². The first kappa shape index (κ1) is 13.2. The van der Waals surface area contributed by atoms with Crippen LogP contribution in [0.2, 0.25) is 0 Å². The topological polar surface area (TPSA) is 53.1 Å². The van der Waals surface area contributed by atoms with Gasteiger partial charge < -0.3 is 10.5 Å². The summed E-state index contributed by atoms with van der Waals surface area (Å²) in [7, 11) is 0. The first-order chi connectivity index (χ1) is 7.60. The molecule has 0 fully saturated rings. The Kier molecular flexibility index (Phi) is 4.96. The highest BCUT2D eigenvalue weighted by Crippen LogP contribution is 2.22. The number of ether oxygens (including phenoxy) is 1. The van der Waals surface area contributed by atoms with Crippen LogP contribution in [0.4, 0.5) is 0 Å². The second-order valence-corrected chi connectivity index (χ2v) is 4.32. The zero-order valence-electron chi connectivity index (χ0n) is 10.7. The summed E-state index contributed by atoms with van der Waals surface area (Å²) in [6.07, 6.45) is 3.89. The van der Waals surface area contributed by atoms with E-state index < -0.39 is 0 Å². The maximum atomic E-state index is 6.22. The third kappa shape index (κ3) is 3.06. The fraction of sp³-hybridized carbons (Fsp3) is 0.750. The van der Waals surface area contributed by atoms with Gasteiger partial charge in [-0.3, -0.25) is 4.68 Å². The summed E-state index contributed by atoms with van der Waals surface area (Å²) in [4.78, 5) is 0. The van der Waals surface area contributed by atoms with E-state index in [1.54, 1.807) is 0 Å². The standard InChI is InChI=1S/C12H23N3O/c1-5-15-8-10(7-14-15)11(13)12(9(3)4)16-6-2/h7-9,11-12H,5-6,13H2,1-4H3. The van der Waals surface area contributed by atoms with Crippen molar-refractivity contribution in [3.8, 4) is 0 Å². The minimum atomic E-state index is -0.0970. The van der Waals surface area contributed by atoms with Crippen molar-refractivity contribution in [2.45, 2.75) is 46.4 Å². The molecule has 1 aromatic heterocycles. The molecule has 0 aliphatic rings.